The molecule has 3 rings (SSSR count). The molecule has 2 heterocycles. The summed E-state index contributed by atoms with van der Waals surface area (Å²) in [6.45, 7) is 0.272. The second-order valence-corrected chi connectivity index (χ2v) is 3.73. The van der Waals surface area contributed by atoms with Crippen LogP contribution >= 0.6 is 0 Å². The van der Waals surface area contributed by atoms with E-state index in [9.17, 15) is 0 Å². The van der Waals surface area contributed by atoms with Gasteiger partial charge in [0.15, 0.2) is 17.3 Å². The van der Waals surface area contributed by atoms with Crippen molar-refractivity contribution in [2.45, 2.75) is 0 Å². The molecule has 18 heavy (non-hydrogen) atoms. The van der Waals surface area contributed by atoms with E-state index in [0.717, 1.165) is 17.2 Å². The lowest BCUT2D eigenvalue weighted by Crippen LogP contribution is -1.98. The van der Waals surface area contributed by atoms with Gasteiger partial charge in [-0.25, -0.2) is 4.98 Å². The van der Waals surface area contributed by atoms with Crippen LogP contribution in [0.5, 0.6) is 11.5 Å². The van der Waals surface area contributed by atoms with Crippen molar-refractivity contribution in [1.82, 2.24) is 9.97 Å². The molecule has 1 aromatic carbocycles. The van der Waals surface area contributed by atoms with Gasteiger partial charge in [0.25, 0.3) is 0 Å². The maximum absolute atomic E-state index is 5.31. The third-order valence-corrected chi connectivity index (χ3v) is 2.54. The lowest BCUT2D eigenvalue weighted by Gasteiger charge is -2.07. The first-order valence-corrected chi connectivity index (χ1v) is 5.51. The van der Waals surface area contributed by atoms with Gasteiger partial charge >= 0.3 is 0 Å². The summed E-state index contributed by atoms with van der Waals surface area (Å²) < 4.78 is 10.6. The van der Waals surface area contributed by atoms with Crippen molar-refractivity contribution in [1.29, 1.82) is 0 Å². The number of nitrogens with zero attached hydrogens (tertiary/aromatic N) is 2. The number of anilines is 3. The zero-order valence-corrected chi connectivity index (χ0v) is 9.80. The van der Waals surface area contributed by atoms with Crippen molar-refractivity contribution in [2.75, 3.05) is 24.5 Å². The smallest absolute Gasteiger partial charge is 0.231 e. The quantitative estimate of drug-likeness (QED) is 0.860. The Balaban J connectivity index is 1.83. The first-order chi connectivity index (χ1) is 8.85. The molecule has 6 nitrogen and oxygen atoms in total. The molecule has 0 unspecified atom stereocenters. The fourth-order valence-corrected chi connectivity index (χ4v) is 1.67. The number of fused-ring (bicyclic) bond motifs is 1. The van der Waals surface area contributed by atoms with E-state index >= 15 is 0 Å². The largest absolute Gasteiger partial charge is 0.454 e. The lowest BCUT2D eigenvalue weighted by atomic mass is 10.3. The minimum absolute atomic E-state index is 0.272. The Bertz CT molecular complexity index is 574. The van der Waals surface area contributed by atoms with Crippen LogP contribution in [0.3, 0.4) is 0 Å². The van der Waals surface area contributed by atoms with Crippen molar-refractivity contribution in [3.8, 4) is 11.5 Å². The SMILES string of the molecule is CNc1cncc(Nc2ccc3c(c2)OCO3)n1. The van der Waals surface area contributed by atoms with Gasteiger partial charge in [-0.1, -0.05) is 0 Å². The summed E-state index contributed by atoms with van der Waals surface area (Å²) in [6, 6.07) is 5.64. The topological polar surface area (TPSA) is 68.3 Å². The highest BCUT2D eigenvalue weighted by Crippen LogP contribution is 2.34. The number of hydrogen-bond acceptors (Lipinski definition) is 6. The molecule has 0 amide bonds. The van der Waals surface area contributed by atoms with E-state index in [4.69, 9.17) is 9.47 Å². The van der Waals surface area contributed by atoms with Gasteiger partial charge in [-0.15, -0.1) is 0 Å². The minimum atomic E-state index is 0.272. The normalized spacial score (nSPS) is 12.3. The second kappa shape index (κ2) is 4.40. The first-order valence-electron chi connectivity index (χ1n) is 5.51. The molecule has 1 aromatic heterocycles. The molecule has 6 heteroatoms. The van der Waals surface area contributed by atoms with Gasteiger partial charge in [-0.2, -0.15) is 0 Å². The fourth-order valence-electron chi connectivity index (χ4n) is 1.67. The maximum atomic E-state index is 5.31. The van der Waals surface area contributed by atoms with Gasteiger partial charge in [0.1, 0.15) is 5.82 Å². The Hall–Kier alpha value is -2.50. The Labute approximate surface area is 104 Å². The number of hydrogen-bond donors (Lipinski definition) is 2. The van der Waals surface area contributed by atoms with Crippen molar-refractivity contribution in [2.24, 2.45) is 0 Å². The molecule has 0 radical (unpaired) electrons. The van der Waals surface area contributed by atoms with Gasteiger partial charge in [0, 0.05) is 18.8 Å². The summed E-state index contributed by atoms with van der Waals surface area (Å²) in [6.07, 6.45) is 3.32. The van der Waals surface area contributed by atoms with Crippen LogP contribution in [0.25, 0.3) is 0 Å². The number of ether oxygens (including phenoxy) is 2. The molecule has 0 atom stereocenters. The summed E-state index contributed by atoms with van der Waals surface area (Å²) in [5.74, 6) is 2.87. The van der Waals surface area contributed by atoms with Crippen LogP contribution in [0.4, 0.5) is 17.3 Å². The molecule has 0 bridgehead atoms. The molecule has 2 aromatic rings. The van der Waals surface area contributed by atoms with Crippen LogP contribution < -0.4 is 20.1 Å². The van der Waals surface area contributed by atoms with Gasteiger partial charge in [-0.3, -0.25) is 4.98 Å². The fraction of sp³-hybridized carbons (Fsp3) is 0.167. The van der Waals surface area contributed by atoms with E-state index in [-0.39, 0.29) is 6.79 Å². The molecule has 2 N–H and O–H groups in total. The molecule has 0 spiro atoms. The number of nitrogens with one attached hydrogen (secondary N) is 2. The van der Waals surface area contributed by atoms with Gasteiger partial charge in [-0.05, 0) is 12.1 Å². The molecule has 1 aliphatic heterocycles. The number of benzene rings is 1. The second-order valence-electron chi connectivity index (χ2n) is 3.73. The zero-order valence-electron chi connectivity index (χ0n) is 9.80. The summed E-state index contributed by atoms with van der Waals surface area (Å²) in [7, 11) is 1.80. The third-order valence-electron chi connectivity index (χ3n) is 2.54. The summed E-state index contributed by atoms with van der Waals surface area (Å²) in [5, 5.41) is 6.10. The van der Waals surface area contributed by atoms with Gasteiger partial charge in [0.05, 0.1) is 12.4 Å². The molecule has 92 valence electrons. The number of aromatic nitrogens is 2. The van der Waals surface area contributed by atoms with Gasteiger partial charge < -0.3 is 20.1 Å². The first kappa shape index (κ1) is 10.6. The van der Waals surface area contributed by atoms with E-state index in [1.807, 2.05) is 18.2 Å². The van der Waals surface area contributed by atoms with Gasteiger partial charge in [0.2, 0.25) is 6.79 Å². The highest BCUT2D eigenvalue weighted by molar-refractivity contribution is 5.62. The molecule has 0 saturated heterocycles. The monoisotopic (exact) mass is 244 g/mol. The Morgan fingerprint density at radius 3 is 2.83 bits per heavy atom. The summed E-state index contributed by atoms with van der Waals surface area (Å²) in [4.78, 5) is 8.40. The summed E-state index contributed by atoms with van der Waals surface area (Å²) >= 11 is 0. The molecule has 0 aliphatic carbocycles. The van der Waals surface area contributed by atoms with Crippen molar-refractivity contribution < 1.29 is 9.47 Å². The van der Waals surface area contributed by atoms with Crippen LogP contribution in [0.2, 0.25) is 0 Å². The van der Waals surface area contributed by atoms with Crippen LogP contribution in [0, 0.1) is 0 Å². The predicted molar refractivity (Wildman–Crippen MR) is 67.4 cm³/mol. The van der Waals surface area contributed by atoms with Crippen LogP contribution in [-0.4, -0.2) is 23.8 Å². The molecule has 0 fully saturated rings. The standard InChI is InChI=1S/C12H12N4O2/c1-13-11-5-14-6-12(16-11)15-8-2-3-9-10(4-8)18-7-17-9/h2-6H,7H2,1H3,(H2,13,15,16). The highest BCUT2D eigenvalue weighted by atomic mass is 16.7. The van der Waals surface area contributed by atoms with Crippen LogP contribution in [-0.2, 0) is 0 Å². The molecule has 0 saturated carbocycles. The predicted octanol–water partition coefficient (Wildman–Crippen LogP) is 1.99. The summed E-state index contributed by atoms with van der Waals surface area (Å²) in [5.41, 5.74) is 0.877. The van der Waals surface area contributed by atoms with Crippen LogP contribution in [0.1, 0.15) is 0 Å². The Morgan fingerprint density at radius 2 is 1.94 bits per heavy atom. The average molecular weight is 244 g/mol. The average Bonchev–Trinajstić information content (AvgIpc) is 2.86. The van der Waals surface area contributed by atoms with Crippen molar-refractivity contribution in [3.63, 3.8) is 0 Å². The molecular weight excluding hydrogens is 232 g/mol. The van der Waals surface area contributed by atoms with Crippen molar-refractivity contribution in [3.05, 3.63) is 30.6 Å². The minimum Gasteiger partial charge on any atom is -0.454 e. The highest BCUT2D eigenvalue weighted by Gasteiger charge is 2.13. The third kappa shape index (κ3) is 2.00. The maximum Gasteiger partial charge on any atom is 0.231 e. The lowest BCUT2D eigenvalue weighted by molar-refractivity contribution is 0.174. The number of rotatable bonds is 3. The van der Waals surface area contributed by atoms with E-state index < -0.39 is 0 Å². The molecule has 1 aliphatic rings. The van der Waals surface area contributed by atoms with E-state index in [0.29, 0.717) is 11.6 Å². The zero-order chi connectivity index (χ0) is 12.4. The van der Waals surface area contributed by atoms with E-state index in [2.05, 4.69) is 20.6 Å². The Kier molecular flexibility index (Phi) is 2.60. The van der Waals surface area contributed by atoms with E-state index in [1.165, 1.54) is 0 Å². The Morgan fingerprint density at radius 1 is 1.11 bits per heavy atom. The van der Waals surface area contributed by atoms with Crippen molar-refractivity contribution >= 4 is 17.3 Å². The van der Waals surface area contributed by atoms with E-state index in [1.54, 1.807) is 19.4 Å². The van der Waals surface area contributed by atoms with Crippen LogP contribution in [0.15, 0.2) is 30.6 Å². The molecular formula is C12H12N4O2.